The fourth-order valence-electron chi connectivity index (χ4n) is 2.49. The Labute approximate surface area is 167 Å². The van der Waals surface area contributed by atoms with Crippen molar-refractivity contribution in [3.63, 3.8) is 0 Å². The molecule has 0 bridgehead atoms. The zero-order valence-corrected chi connectivity index (χ0v) is 17.3. The maximum atomic E-state index is 13.4. The second-order valence-corrected chi connectivity index (χ2v) is 8.04. The maximum Gasteiger partial charge on any atom is 0.318 e. The predicted octanol–water partition coefficient (Wildman–Crippen LogP) is 2.34. The van der Waals surface area contributed by atoms with Gasteiger partial charge in [0, 0.05) is 5.69 Å². The van der Waals surface area contributed by atoms with Gasteiger partial charge in [0.05, 0.1) is 11.3 Å². The molecule has 1 heterocycles. The molecule has 10 heteroatoms. The minimum atomic E-state index is -0.904. The first kappa shape index (κ1) is 21.8. The summed E-state index contributed by atoms with van der Waals surface area (Å²) in [6.45, 7) is 5.69. The molecule has 0 saturated heterocycles. The van der Waals surface area contributed by atoms with Crippen molar-refractivity contribution in [3.8, 4) is 5.69 Å². The third-order valence-corrected chi connectivity index (χ3v) is 5.72. The van der Waals surface area contributed by atoms with E-state index in [-0.39, 0.29) is 17.8 Å². The lowest BCUT2D eigenvalue weighted by Gasteiger charge is -2.22. The number of nitrogens with two attached hydrogens (primary N) is 1. The van der Waals surface area contributed by atoms with E-state index in [2.05, 4.69) is 15.5 Å². The quantitative estimate of drug-likeness (QED) is 0.681. The monoisotopic (exact) mass is 408 g/mol. The van der Waals surface area contributed by atoms with Crippen LogP contribution in [0.2, 0.25) is 0 Å². The molecule has 2 rings (SSSR count). The van der Waals surface area contributed by atoms with Gasteiger partial charge in [-0.25, -0.2) is 9.18 Å². The lowest BCUT2D eigenvalue weighted by atomic mass is 10.1. The van der Waals surface area contributed by atoms with Crippen molar-refractivity contribution in [1.29, 1.82) is 0 Å². The fraction of sp³-hybridized carbons (Fsp3) is 0.444. The summed E-state index contributed by atoms with van der Waals surface area (Å²) in [6, 6.07) is 4.98. The number of rotatable bonds is 7. The van der Waals surface area contributed by atoms with E-state index in [1.807, 2.05) is 39.8 Å². The number of urea groups is 1. The average molecular weight is 409 g/mol. The Bertz CT molecular complexity index is 837. The number of carbonyl (C=O) groups is 2. The summed E-state index contributed by atoms with van der Waals surface area (Å²) in [4.78, 5) is 25.4. The summed E-state index contributed by atoms with van der Waals surface area (Å²) >= 11 is 1.18. The third-order valence-electron chi connectivity index (χ3n) is 4.23. The van der Waals surface area contributed by atoms with Crippen LogP contribution in [-0.4, -0.2) is 50.9 Å². The first-order valence-electron chi connectivity index (χ1n) is 8.76. The Morgan fingerprint density at radius 2 is 1.79 bits per heavy atom. The molecule has 1 aromatic heterocycles. The van der Waals surface area contributed by atoms with Crippen molar-refractivity contribution < 1.29 is 14.0 Å². The maximum absolute atomic E-state index is 13.4. The second kappa shape index (κ2) is 9.16. The van der Waals surface area contributed by atoms with Crippen LogP contribution in [0.1, 0.15) is 32.6 Å². The Morgan fingerprint density at radius 3 is 2.29 bits per heavy atom. The molecule has 0 radical (unpaired) electrons. The van der Waals surface area contributed by atoms with Crippen LogP contribution in [0.15, 0.2) is 29.4 Å². The summed E-state index contributed by atoms with van der Waals surface area (Å²) in [6.07, 6.45) is 0. The number of thioether (sulfide) groups is 1. The number of nitrogens with one attached hydrogen (secondary N) is 1. The fourth-order valence-corrected chi connectivity index (χ4v) is 3.55. The highest BCUT2D eigenvalue weighted by Gasteiger charge is 2.29. The molecule has 3 amide bonds. The van der Waals surface area contributed by atoms with Crippen molar-refractivity contribution in [1.82, 2.24) is 25.0 Å². The van der Waals surface area contributed by atoms with Gasteiger partial charge in [0.15, 0.2) is 11.0 Å². The highest BCUT2D eigenvalue weighted by molar-refractivity contribution is 8.00. The molecule has 0 spiro atoms. The normalized spacial score (nSPS) is 13.6. The van der Waals surface area contributed by atoms with Gasteiger partial charge in [0.1, 0.15) is 5.82 Å². The molecule has 28 heavy (non-hydrogen) atoms. The number of carbonyl (C=O) groups excluding carboxylic acids is 2. The highest BCUT2D eigenvalue weighted by atomic mass is 32.2. The molecule has 1 aromatic carbocycles. The minimum Gasteiger partial charge on any atom is -0.351 e. The Hall–Kier alpha value is -2.46. The summed E-state index contributed by atoms with van der Waals surface area (Å²) in [7, 11) is 3.83. The van der Waals surface area contributed by atoms with E-state index in [9.17, 15) is 14.0 Å². The van der Waals surface area contributed by atoms with E-state index in [1.165, 1.54) is 23.9 Å². The van der Waals surface area contributed by atoms with Gasteiger partial charge in [-0.1, -0.05) is 25.6 Å². The molecule has 0 fully saturated rings. The van der Waals surface area contributed by atoms with Crippen LogP contribution < -0.4 is 11.1 Å². The smallest absolute Gasteiger partial charge is 0.318 e. The van der Waals surface area contributed by atoms with E-state index in [1.54, 1.807) is 16.7 Å². The Morgan fingerprint density at radius 1 is 1.18 bits per heavy atom. The van der Waals surface area contributed by atoms with E-state index < -0.39 is 17.2 Å². The van der Waals surface area contributed by atoms with Crippen LogP contribution >= 0.6 is 11.8 Å². The highest BCUT2D eigenvalue weighted by Crippen LogP contribution is 2.32. The molecule has 0 saturated carbocycles. The first-order chi connectivity index (χ1) is 13.1. The van der Waals surface area contributed by atoms with Gasteiger partial charge in [-0.2, -0.15) is 0 Å². The van der Waals surface area contributed by atoms with Gasteiger partial charge in [0.2, 0.25) is 5.91 Å². The lowest BCUT2D eigenvalue weighted by Crippen LogP contribution is -2.42. The van der Waals surface area contributed by atoms with Crippen LogP contribution in [0.4, 0.5) is 9.18 Å². The SMILES string of the molecule is CC(C)[C@H](Sc1nnc([C@H](C)N(C)C)n1-c1ccc(F)cc1)C(=O)NC(N)=O. The van der Waals surface area contributed by atoms with Crippen molar-refractivity contribution >= 4 is 23.7 Å². The molecular weight excluding hydrogens is 383 g/mol. The minimum absolute atomic E-state index is 0.0798. The second-order valence-electron chi connectivity index (χ2n) is 6.93. The Balaban J connectivity index is 2.49. The van der Waals surface area contributed by atoms with Crippen molar-refractivity contribution in [2.75, 3.05) is 14.1 Å². The van der Waals surface area contributed by atoms with Gasteiger partial charge < -0.3 is 5.73 Å². The number of amides is 3. The molecule has 2 aromatic rings. The van der Waals surface area contributed by atoms with Crippen LogP contribution in [-0.2, 0) is 4.79 Å². The molecule has 0 aliphatic heterocycles. The largest absolute Gasteiger partial charge is 0.351 e. The number of halogens is 1. The van der Waals surface area contributed by atoms with Gasteiger partial charge in [-0.3, -0.25) is 19.6 Å². The molecule has 0 unspecified atom stereocenters. The standard InChI is InChI=1S/C18H25FN6O2S/c1-10(2)14(16(26)21-17(20)27)28-18-23-22-15(11(3)24(4)5)25(18)13-8-6-12(19)7-9-13/h6-11,14H,1-5H3,(H3,20,21,26,27)/t11-,14-/m0/s1. The number of hydrogen-bond acceptors (Lipinski definition) is 6. The summed E-state index contributed by atoms with van der Waals surface area (Å²) < 4.78 is 15.2. The van der Waals surface area contributed by atoms with Crippen molar-refractivity contribution in [2.24, 2.45) is 11.7 Å². The van der Waals surface area contributed by atoms with Crippen LogP contribution in [0.5, 0.6) is 0 Å². The van der Waals surface area contributed by atoms with Crippen LogP contribution in [0.3, 0.4) is 0 Å². The summed E-state index contributed by atoms with van der Waals surface area (Å²) in [5, 5.41) is 10.5. The average Bonchev–Trinajstić information content (AvgIpc) is 3.02. The van der Waals surface area contributed by atoms with E-state index in [4.69, 9.17) is 5.73 Å². The number of benzene rings is 1. The number of nitrogens with zero attached hydrogens (tertiary/aromatic N) is 4. The third kappa shape index (κ3) is 5.08. The number of hydrogen-bond donors (Lipinski definition) is 2. The first-order valence-corrected chi connectivity index (χ1v) is 9.64. The molecule has 152 valence electrons. The van der Waals surface area contributed by atoms with Crippen LogP contribution in [0, 0.1) is 11.7 Å². The number of aromatic nitrogens is 3. The van der Waals surface area contributed by atoms with E-state index in [0.29, 0.717) is 16.7 Å². The van der Waals surface area contributed by atoms with Crippen molar-refractivity contribution in [3.05, 3.63) is 35.9 Å². The lowest BCUT2D eigenvalue weighted by molar-refractivity contribution is -0.120. The molecule has 3 N–H and O–H groups in total. The predicted molar refractivity (Wildman–Crippen MR) is 106 cm³/mol. The Kier molecular flexibility index (Phi) is 7.14. The van der Waals surface area contributed by atoms with E-state index in [0.717, 1.165) is 0 Å². The molecule has 0 aliphatic carbocycles. The van der Waals surface area contributed by atoms with E-state index >= 15 is 0 Å². The van der Waals surface area contributed by atoms with Gasteiger partial charge in [-0.05, 0) is 51.2 Å². The number of imide groups is 1. The van der Waals surface area contributed by atoms with Gasteiger partial charge in [-0.15, -0.1) is 10.2 Å². The molecular formula is C18H25FN6O2S. The van der Waals surface area contributed by atoms with Gasteiger partial charge in [0.25, 0.3) is 0 Å². The van der Waals surface area contributed by atoms with Gasteiger partial charge >= 0.3 is 6.03 Å². The number of primary amides is 1. The molecule has 0 aliphatic rings. The topological polar surface area (TPSA) is 106 Å². The summed E-state index contributed by atoms with van der Waals surface area (Å²) in [5.41, 5.74) is 5.76. The zero-order valence-electron chi connectivity index (χ0n) is 16.5. The molecule has 2 atom stereocenters. The zero-order chi connectivity index (χ0) is 21.0. The molecule has 8 nitrogen and oxygen atoms in total. The summed E-state index contributed by atoms with van der Waals surface area (Å²) in [5.74, 6) is -0.299. The van der Waals surface area contributed by atoms with Crippen molar-refractivity contribution in [2.45, 2.75) is 37.2 Å². The van der Waals surface area contributed by atoms with Crippen LogP contribution in [0.25, 0.3) is 5.69 Å².